The van der Waals surface area contributed by atoms with E-state index in [9.17, 15) is 19.5 Å². The molecule has 1 aromatic carbocycles. The first-order chi connectivity index (χ1) is 19.6. The highest BCUT2D eigenvalue weighted by molar-refractivity contribution is 5.79. The van der Waals surface area contributed by atoms with Gasteiger partial charge in [0.2, 0.25) is 18.6 Å². The molecule has 0 aliphatic carbocycles. The van der Waals surface area contributed by atoms with Gasteiger partial charge in [0.25, 0.3) is 0 Å². The Bertz CT molecular complexity index is 1070. The third kappa shape index (κ3) is 8.13. The summed E-state index contributed by atoms with van der Waals surface area (Å²) >= 11 is 0. The Balaban J connectivity index is 1.52. The molecule has 3 atom stereocenters. The zero-order chi connectivity index (χ0) is 29.6. The maximum Gasteiger partial charge on any atom is 0.308 e. The van der Waals surface area contributed by atoms with Crippen LogP contribution in [0, 0.1) is 5.92 Å². The highest BCUT2D eigenvalue weighted by Crippen LogP contribution is 2.43. The third-order valence-electron chi connectivity index (χ3n) is 8.69. The molecule has 0 bridgehead atoms. The van der Waals surface area contributed by atoms with Crippen molar-refractivity contribution in [3.63, 3.8) is 0 Å². The van der Waals surface area contributed by atoms with Gasteiger partial charge in [0.1, 0.15) is 0 Å². The molecule has 0 spiro atoms. The zero-order valence-corrected chi connectivity index (χ0v) is 25.3. The van der Waals surface area contributed by atoms with Gasteiger partial charge in [-0.15, -0.1) is 0 Å². The molecule has 1 N–H and O–H groups in total. The van der Waals surface area contributed by atoms with E-state index < -0.39 is 11.9 Å². The first-order valence-corrected chi connectivity index (χ1v) is 15.3. The first-order valence-electron chi connectivity index (χ1n) is 15.3. The minimum Gasteiger partial charge on any atom is -0.481 e. The van der Waals surface area contributed by atoms with E-state index in [4.69, 9.17) is 9.47 Å². The van der Waals surface area contributed by atoms with E-state index >= 15 is 0 Å². The lowest BCUT2D eigenvalue weighted by Gasteiger charge is -2.31. The summed E-state index contributed by atoms with van der Waals surface area (Å²) in [6.45, 7) is 6.77. The zero-order valence-electron chi connectivity index (χ0n) is 25.3. The minimum atomic E-state index is -0.851. The third-order valence-corrected chi connectivity index (χ3v) is 8.69. The summed E-state index contributed by atoms with van der Waals surface area (Å²) < 4.78 is 11.9. The SMILES string of the molecule is CCCCN(CCC[N+](C)(C)C)C(=O)CN1CC(c2ccc3c(c2)OCO3)C(C(=O)O)C1CCCN1CCCC1=O. The van der Waals surface area contributed by atoms with Crippen molar-refractivity contribution in [1.29, 1.82) is 0 Å². The maximum atomic E-state index is 13.7. The number of quaternary nitrogens is 1. The number of ether oxygens (including phenoxy) is 2. The molecular formula is C31H49N4O6+. The van der Waals surface area contributed by atoms with Crippen LogP contribution in [0.15, 0.2) is 18.2 Å². The number of hydrogen-bond acceptors (Lipinski definition) is 6. The van der Waals surface area contributed by atoms with Crippen LogP contribution < -0.4 is 9.47 Å². The van der Waals surface area contributed by atoms with Crippen molar-refractivity contribution in [1.82, 2.24) is 14.7 Å². The van der Waals surface area contributed by atoms with Gasteiger partial charge in [-0.3, -0.25) is 19.3 Å². The Kier molecular flexibility index (Phi) is 10.5. The molecule has 3 unspecified atom stereocenters. The van der Waals surface area contributed by atoms with Gasteiger partial charge in [-0.25, -0.2) is 0 Å². The van der Waals surface area contributed by atoms with E-state index in [0.29, 0.717) is 50.4 Å². The molecule has 0 aromatic heterocycles. The van der Waals surface area contributed by atoms with Gasteiger partial charge >= 0.3 is 5.97 Å². The number of aliphatic carboxylic acids is 1. The number of carbonyl (C=O) groups excluding carboxylic acids is 2. The minimum absolute atomic E-state index is 0.0649. The number of carbonyl (C=O) groups is 3. The van der Waals surface area contributed by atoms with Crippen molar-refractivity contribution < 1.29 is 33.4 Å². The number of likely N-dealkylation sites (tertiary alicyclic amines) is 2. The van der Waals surface area contributed by atoms with Crippen molar-refractivity contribution in [2.24, 2.45) is 5.92 Å². The Hall–Kier alpha value is -2.85. The van der Waals surface area contributed by atoms with Crippen LogP contribution in [0.3, 0.4) is 0 Å². The summed E-state index contributed by atoms with van der Waals surface area (Å²) in [6, 6.07) is 5.37. The Morgan fingerprint density at radius 2 is 1.85 bits per heavy atom. The summed E-state index contributed by atoms with van der Waals surface area (Å²) in [5.74, 6) is -0.260. The molecule has 3 aliphatic heterocycles. The maximum absolute atomic E-state index is 13.7. The van der Waals surface area contributed by atoms with Crippen molar-refractivity contribution in [3.8, 4) is 11.5 Å². The largest absolute Gasteiger partial charge is 0.481 e. The predicted molar refractivity (Wildman–Crippen MR) is 156 cm³/mol. The van der Waals surface area contributed by atoms with Crippen molar-refractivity contribution >= 4 is 17.8 Å². The number of benzene rings is 1. The van der Waals surface area contributed by atoms with Crippen LogP contribution in [0.25, 0.3) is 0 Å². The van der Waals surface area contributed by atoms with Crippen LogP contribution in [0.2, 0.25) is 0 Å². The molecule has 41 heavy (non-hydrogen) atoms. The summed E-state index contributed by atoms with van der Waals surface area (Å²) in [7, 11) is 6.47. The molecule has 2 amide bonds. The van der Waals surface area contributed by atoms with Crippen LogP contribution >= 0.6 is 0 Å². The highest BCUT2D eigenvalue weighted by Gasteiger charge is 2.47. The van der Waals surface area contributed by atoms with Gasteiger partial charge in [-0.2, -0.15) is 0 Å². The van der Waals surface area contributed by atoms with Gasteiger partial charge < -0.3 is 28.9 Å². The molecule has 3 heterocycles. The van der Waals surface area contributed by atoms with E-state index in [1.165, 1.54) is 0 Å². The van der Waals surface area contributed by atoms with Crippen LogP contribution in [0.4, 0.5) is 0 Å². The number of carboxylic acids is 1. The van der Waals surface area contributed by atoms with E-state index in [0.717, 1.165) is 55.4 Å². The number of carboxylic acid groups (broad SMARTS) is 1. The second-order valence-electron chi connectivity index (χ2n) is 12.8. The van der Waals surface area contributed by atoms with Gasteiger partial charge in [0, 0.05) is 57.5 Å². The Labute approximate surface area is 244 Å². The van der Waals surface area contributed by atoms with Gasteiger partial charge in [0.05, 0.1) is 40.2 Å². The molecule has 4 rings (SSSR count). The molecule has 3 aliphatic rings. The number of rotatable bonds is 15. The summed E-state index contributed by atoms with van der Waals surface area (Å²) in [4.78, 5) is 44.7. The van der Waals surface area contributed by atoms with E-state index in [-0.39, 0.29) is 37.1 Å². The fraction of sp³-hybridized carbons (Fsp3) is 0.710. The van der Waals surface area contributed by atoms with Crippen LogP contribution in [0.5, 0.6) is 11.5 Å². The van der Waals surface area contributed by atoms with Gasteiger partial charge in [-0.1, -0.05) is 19.4 Å². The fourth-order valence-corrected chi connectivity index (χ4v) is 6.49. The second-order valence-corrected chi connectivity index (χ2v) is 12.8. The summed E-state index contributed by atoms with van der Waals surface area (Å²) in [5.41, 5.74) is 0.891. The molecule has 10 heteroatoms. The Morgan fingerprint density at radius 1 is 1.10 bits per heavy atom. The monoisotopic (exact) mass is 573 g/mol. The number of fused-ring (bicyclic) bond motifs is 1. The number of nitrogens with zero attached hydrogens (tertiary/aromatic N) is 4. The standard InChI is InChI=1S/C31H48N4O6/c1-5-6-14-33(17-9-18-35(2,3)4)29(37)21-34-20-24(23-12-13-26-27(19-23)41-22-40-26)30(31(38)39)25(34)10-7-15-32-16-8-11-28(32)36/h12-13,19,24-25,30H,5-11,14-18,20-22H2,1-4H3/p+1. The van der Waals surface area contributed by atoms with Gasteiger partial charge in [0.15, 0.2) is 11.5 Å². The smallest absolute Gasteiger partial charge is 0.308 e. The topological polar surface area (TPSA) is 99.6 Å². The van der Waals surface area contributed by atoms with Crippen LogP contribution in [-0.4, -0.2) is 122 Å². The number of unbranched alkanes of at least 4 members (excludes halogenated alkanes) is 1. The number of amides is 2. The second kappa shape index (κ2) is 13.9. The lowest BCUT2D eigenvalue weighted by Crippen LogP contribution is -2.45. The molecule has 228 valence electrons. The van der Waals surface area contributed by atoms with E-state index in [1.807, 2.05) is 28.0 Å². The average Bonchev–Trinajstić information content (AvgIpc) is 3.64. The fourth-order valence-electron chi connectivity index (χ4n) is 6.49. The van der Waals surface area contributed by atoms with E-state index in [1.54, 1.807) is 0 Å². The first kappa shape index (κ1) is 31.1. The Morgan fingerprint density at radius 3 is 2.54 bits per heavy atom. The molecule has 1 aromatic rings. The average molecular weight is 574 g/mol. The molecule has 0 saturated carbocycles. The van der Waals surface area contributed by atoms with E-state index in [2.05, 4.69) is 33.0 Å². The normalized spacial score (nSPS) is 22.5. The van der Waals surface area contributed by atoms with Gasteiger partial charge in [-0.05, 0) is 43.4 Å². The van der Waals surface area contributed by atoms with Crippen molar-refractivity contribution in [2.75, 3.05) is 73.7 Å². The molecular weight excluding hydrogens is 524 g/mol. The van der Waals surface area contributed by atoms with Crippen LogP contribution in [0.1, 0.15) is 63.4 Å². The molecule has 0 radical (unpaired) electrons. The summed E-state index contributed by atoms with van der Waals surface area (Å²) in [5, 5.41) is 10.5. The highest BCUT2D eigenvalue weighted by atomic mass is 16.7. The number of hydrogen-bond donors (Lipinski definition) is 1. The predicted octanol–water partition coefficient (Wildman–Crippen LogP) is 3.01. The molecule has 2 fully saturated rings. The van der Waals surface area contributed by atoms with Crippen molar-refractivity contribution in [2.45, 2.75) is 63.8 Å². The molecule has 10 nitrogen and oxygen atoms in total. The van der Waals surface area contributed by atoms with Crippen molar-refractivity contribution in [3.05, 3.63) is 23.8 Å². The lowest BCUT2D eigenvalue weighted by atomic mass is 9.83. The lowest BCUT2D eigenvalue weighted by molar-refractivity contribution is -0.870. The quantitative estimate of drug-likeness (QED) is 0.322. The molecule has 2 saturated heterocycles. The van der Waals surface area contributed by atoms with Crippen LogP contribution in [-0.2, 0) is 14.4 Å². The summed E-state index contributed by atoms with van der Waals surface area (Å²) in [6.07, 6.45) is 5.68.